The van der Waals surface area contributed by atoms with Crippen LogP contribution in [0.4, 0.5) is 5.69 Å². The van der Waals surface area contributed by atoms with Crippen molar-refractivity contribution >= 4 is 17.5 Å². The number of fused-ring (bicyclic) bond motifs is 1. The molecule has 1 fully saturated rings. The summed E-state index contributed by atoms with van der Waals surface area (Å²) >= 11 is 0. The van der Waals surface area contributed by atoms with E-state index in [0.717, 1.165) is 31.9 Å². The van der Waals surface area contributed by atoms with Gasteiger partial charge in [-0.05, 0) is 42.3 Å². The molecule has 8 nitrogen and oxygen atoms in total. The van der Waals surface area contributed by atoms with Crippen molar-refractivity contribution in [2.75, 3.05) is 51.8 Å². The Bertz CT molecular complexity index is 1320. The third-order valence-electron chi connectivity index (χ3n) is 7.74. The molecule has 2 amide bonds. The Morgan fingerprint density at radius 3 is 2.18 bits per heavy atom. The number of anilines is 1. The van der Waals surface area contributed by atoms with Crippen molar-refractivity contribution in [3.63, 3.8) is 0 Å². The summed E-state index contributed by atoms with van der Waals surface area (Å²) in [6, 6.07) is 21.1. The minimum Gasteiger partial charge on any atom is -0.493 e. The van der Waals surface area contributed by atoms with E-state index in [0.29, 0.717) is 34.2 Å². The second-order valence-electron chi connectivity index (χ2n) is 9.66. The van der Waals surface area contributed by atoms with Gasteiger partial charge < -0.3 is 20.1 Å². The second-order valence-corrected chi connectivity index (χ2v) is 9.66. The summed E-state index contributed by atoms with van der Waals surface area (Å²) in [5.74, 6) is 0.445. The fraction of sp³-hybridized carbons (Fsp3) is 0.333. The molecule has 2 atom stereocenters. The van der Waals surface area contributed by atoms with Crippen molar-refractivity contribution in [2.24, 2.45) is 5.73 Å². The highest BCUT2D eigenvalue weighted by molar-refractivity contribution is 6.24. The molecule has 0 spiro atoms. The number of imide groups is 1. The number of piperazine rings is 1. The zero-order valence-electron chi connectivity index (χ0n) is 22.1. The van der Waals surface area contributed by atoms with Crippen molar-refractivity contribution in [1.29, 1.82) is 0 Å². The molecule has 0 aliphatic carbocycles. The van der Waals surface area contributed by atoms with Gasteiger partial charge in [-0.25, -0.2) is 0 Å². The molecule has 5 rings (SSSR count). The van der Waals surface area contributed by atoms with Crippen LogP contribution < -0.4 is 20.1 Å². The number of nitrogens with two attached hydrogens (primary N) is 1. The van der Waals surface area contributed by atoms with Crippen LogP contribution in [0, 0.1) is 0 Å². The van der Waals surface area contributed by atoms with Crippen LogP contribution in [0.15, 0.2) is 66.7 Å². The summed E-state index contributed by atoms with van der Waals surface area (Å²) in [5, 5.41) is 0. The SMILES string of the molecule is COc1ccc(C(CN)N2C(=O)c3cccc(N4CCN(C(C)c5ccccc5)CC4)c3C2=O)cc1OC. The molecular formula is C30H34N4O4. The van der Waals surface area contributed by atoms with Gasteiger partial charge in [0.25, 0.3) is 11.8 Å². The van der Waals surface area contributed by atoms with Gasteiger partial charge in [0.1, 0.15) is 0 Å². The first-order valence-corrected chi connectivity index (χ1v) is 12.9. The Morgan fingerprint density at radius 1 is 0.816 bits per heavy atom. The van der Waals surface area contributed by atoms with E-state index in [1.807, 2.05) is 24.3 Å². The number of hydrogen-bond donors (Lipinski definition) is 1. The molecule has 0 aromatic heterocycles. The third kappa shape index (κ3) is 4.50. The minimum atomic E-state index is -0.626. The van der Waals surface area contributed by atoms with Crippen molar-refractivity contribution in [1.82, 2.24) is 9.80 Å². The van der Waals surface area contributed by atoms with E-state index in [9.17, 15) is 9.59 Å². The van der Waals surface area contributed by atoms with E-state index in [4.69, 9.17) is 15.2 Å². The monoisotopic (exact) mass is 514 g/mol. The molecule has 38 heavy (non-hydrogen) atoms. The number of amides is 2. The van der Waals surface area contributed by atoms with Gasteiger partial charge in [-0.15, -0.1) is 0 Å². The highest BCUT2D eigenvalue weighted by Gasteiger charge is 2.42. The molecule has 2 aliphatic heterocycles. The quantitative estimate of drug-likeness (QED) is 0.457. The number of rotatable bonds is 8. The van der Waals surface area contributed by atoms with E-state index in [2.05, 4.69) is 41.0 Å². The fourth-order valence-electron chi connectivity index (χ4n) is 5.58. The number of carbonyl (C=O) groups is 2. The molecule has 0 radical (unpaired) electrons. The van der Waals surface area contributed by atoms with Crippen LogP contribution in [0.3, 0.4) is 0 Å². The Labute approximate surface area is 223 Å². The molecule has 1 saturated heterocycles. The van der Waals surface area contributed by atoms with E-state index in [1.165, 1.54) is 10.5 Å². The standard InChI is InChI=1S/C30H34N4O4/c1-20(21-8-5-4-6-9-21)32-14-16-33(17-15-32)24-11-7-10-23-28(24)30(36)34(29(23)35)25(19-31)22-12-13-26(37-2)27(18-22)38-3/h4-13,18,20,25H,14-17,19,31H2,1-3H3. The molecule has 2 unspecified atom stereocenters. The van der Waals surface area contributed by atoms with E-state index in [-0.39, 0.29) is 18.4 Å². The largest absolute Gasteiger partial charge is 0.493 e. The first-order chi connectivity index (χ1) is 18.5. The van der Waals surface area contributed by atoms with Gasteiger partial charge in [-0.1, -0.05) is 42.5 Å². The Kier molecular flexibility index (Phi) is 7.35. The van der Waals surface area contributed by atoms with E-state index in [1.54, 1.807) is 32.4 Å². The number of ether oxygens (including phenoxy) is 2. The molecule has 8 heteroatoms. The molecule has 2 N–H and O–H groups in total. The lowest BCUT2D eigenvalue weighted by atomic mass is 10.0. The summed E-state index contributed by atoms with van der Waals surface area (Å²) in [6.45, 7) is 5.58. The Morgan fingerprint density at radius 2 is 1.53 bits per heavy atom. The normalized spacial score (nSPS) is 17.4. The lowest BCUT2D eigenvalue weighted by Gasteiger charge is -2.39. The van der Waals surface area contributed by atoms with Crippen LogP contribution in [0.1, 0.15) is 50.9 Å². The molecule has 0 bridgehead atoms. The lowest BCUT2D eigenvalue weighted by Crippen LogP contribution is -2.47. The van der Waals surface area contributed by atoms with Gasteiger partial charge in [-0.3, -0.25) is 19.4 Å². The fourth-order valence-corrected chi connectivity index (χ4v) is 5.58. The molecule has 3 aromatic carbocycles. The van der Waals surface area contributed by atoms with Crippen molar-refractivity contribution < 1.29 is 19.1 Å². The number of methoxy groups -OCH3 is 2. The summed E-state index contributed by atoms with van der Waals surface area (Å²) < 4.78 is 10.8. The summed E-state index contributed by atoms with van der Waals surface area (Å²) in [4.78, 5) is 33.4. The van der Waals surface area contributed by atoms with Crippen LogP contribution in [0.25, 0.3) is 0 Å². The lowest BCUT2D eigenvalue weighted by molar-refractivity contribution is 0.0587. The average Bonchev–Trinajstić information content (AvgIpc) is 3.23. The van der Waals surface area contributed by atoms with Gasteiger partial charge >= 0.3 is 0 Å². The number of hydrogen-bond acceptors (Lipinski definition) is 7. The summed E-state index contributed by atoms with van der Waals surface area (Å²) in [5.41, 5.74) is 9.84. The van der Waals surface area contributed by atoms with E-state index < -0.39 is 6.04 Å². The van der Waals surface area contributed by atoms with Crippen molar-refractivity contribution in [2.45, 2.75) is 19.0 Å². The first-order valence-electron chi connectivity index (χ1n) is 12.9. The first kappa shape index (κ1) is 25.8. The molecule has 0 saturated carbocycles. The predicted molar refractivity (Wildman–Crippen MR) is 147 cm³/mol. The molecule has 2 heterocycles. The van der Waals surface area contributed by atoms with Crippen LogP contribution in [-0.4, -0.2) is 68.6 Å². The predicted octanol–water partition coefficient (Wildman–Crippen LogP) is 3.88. The minimum absolute atomic E-state index is 0.0896. The van der Waals surface area contributed by atoms with Crippen LogP contribution >= 0.6 is 0 Å². The number of carbonyl (C=O) groups excluding carboxylic acids is 2. The second kappa shape index (κ2) is 10.8. The maximum atomic E-state index is 13.8. The molecule has 3 aromatic rings. The summed E-state index contributed by atoms with van der Waals surface area (Å²) in [6.07, 6.45) is 0. The highest BCUT2D eigenvalue weighted by atomic mass is 16.5. The smallest absolute Gasteiger partial charge is 0.264 e. The van der Waals surface area contributed by atoms with Gasteiger partial charge in [0.2, 0.25) is 0 Å². The van der Waals surface area contributed by atoms with Crippen molar-refractivity contribution in [3.8, 4) is 11.5 Å². The topological polar surface area (TPSA) is 88.3 Å². The Balaban J connectivity index is 1.38. The third-order valence-corrected chi connectivity index (χ3v) is 7.74. The van der Waals surface area contributed by atoms with Crippen LogP contribution in [-0.2, 0) is 0 Å². The summed E-state index contributed by atoms with van der Waals surface area (Å²) in [7, 11) is 3.11. The van der Waals surface area contributed by atoms with Gasteiger partial charge in [-0.2, -0.15) is 0 Å². The maximum Gasteiger partial charge on any atom is 0.264 e. The molecule has 2 aliphatic rings. The van der Waals surface area contributed by atoms with Crippen LogP contribution in [0.5, 0.6) is 11.5 Å². The number of nitrogens with zero attached hydrogens (tertiary/aromatic N) is 3. The van der Waals surface area contributed by atoms with Gasteiger partial charge in [0.15, 0.2) is 11.5 Å². The molecule has 198 valence electrons. The van der Waals surface area contributed by atoms with Crippen molar-refractivity contribution in [3.05, 3.63) is 89.0 Å². The zero-order valence-corrected chi connectivity index (χ0v) is 22.1. The van der Waals surface area contributed by atoms with Gasteiger partial charge in [0.05, 0.1) is 37.1 Å². The van der Waals surface area contributed by atoms with Gasteiger partial charge in [0, 0.05) is 38.8 Å². The highest BCUT2D eigenvalue weighted by Crippen LogP contribution is 2.38. The zero-order chi connectivity index (χ0) is 26.8. The Hall–Kier alpha value is -3.88. The van der Waals surface area contributed by atoms with Crippen LogP contribution in [0.2, 0.25) is 0 Å². The van der Waals surface area contributed by atoms with E-state index >= 15 is 0 Å². The number of benzene rings is 3. The average molecular weight is 515 g/mol. The molecular weight excluding hydrogens is 480 g/mol. The maximum absolute atomic E-state index is 13.8.